The predicted octanol–water partition coefficient (Wildman–Crippen LogP) is 4.16. The lowest BCUT2D eigenvalue weighted by atomic mass is 9.67. The molecule has 1 aliphatic heterocycles. The van der Waals surface area contributed by atoms with E-state index in [9.17, 15) is 4.79 Å². The van der Waals surface area contributed by atoms with Crippen molar-refractivity contribution in [2.45, 2.75) is 69.6 Å². The molecule has 2 aromatic rings. The van der Waals surface area contributed by atoms with Crippen LogP contribution in [0.3, 0.4) is 0 Å². The summed E-state index contributed by atoms with van der Waals surface area (Å²) in [5.41, 5.74) is 7.61. The molecule has 0 atom stereocenters. The van der Waals surface area contributed by atoms with Crippen molar-refractivity contribution in [2.75, 3.05) is 25.9 Å². The molecule has 0 spiro atoms. The molecule has 0 radical (unpaired) electrons. The topological polar surface area (TPSA) is 81.3 Å². The Kier molecular flexibility index (Phi) is 5.91. The summed E-state index contributed by atoms with van der Waals surface area (Å²) in [7, 11) is 1.67. The van der Waals surface area contributed by atoms with Crippen LogP contribution in [0, 0.1) is 6.92 Å². The van der Waals surface area contributed by atoms with Gasteiger partial charge in [-0.1, -0.05) is 38.3 Å². The van der Waals surface area contributed by atoms with E-state index in [2.05, 4.69) is 33.9 Å². The summed E-state index contributed by atoms with van der Waals surface area (Å²) in [6, 6.07) is 10.0. The number of aryl methyl sites for hydroxylation is 1. The van der Waals surface area contributed by atoms with Gasteiger partial charge in [0.05, 0.1) is 18.2 Å². The van der Waals surface area contributed by atoms with E-state index in [1.807, 2.05) is 25.1 Å². The van der Waals surface area contributed by atoms with Crippen LogP contribution >= 0.6 is 0 Å². The zero-order valence-corrected chi connectivity index (χ0v) is 19.0. The van der Waals surface area contributed by atoms with Crippen LogP contribution in [0.15, 0.2) is 30.3 Å². The van der Waals surface area contributed by atoms with Crippen molar-refractivity contribution in [1.82, 2.24) is 14.9 Å². The first-order valence-electron chi connectivity index (χ1n) is 11.4. The molecule has 2 heterocycles. The molecule has 6 heteroatoms. The summed E-state index contributed by atoms with van der Waals surface area (Å²) < 4.78 is 5.33. The molecule has 1 aliphatic carbocycles. The molecule has 6 nitrogen and oxygen atoms in total. The van der Waals surface area contributed by atoms with Gasteiger partial charge in [0.15, 0.2) is 0 Å². The van der Waals surface area contributed by atoms with Gasteiger partial charge in [-0.2, -0.15) is 0 Å². The fourth-order valence-corrected chi connectivity index (χ4v) is 5.35. The first-order valence-corrected chi connectivity index (χ1v) is 11.4. The van der Waals surface area contributed by atoms with E-state index in [0.29, 0.717) is 11.6 Å². The number of nitrogens with two attached hydrogens (primary N) is 1. The summed E-state index contributed by atoms with van der Waals surface area (Å²) in [5.74, 6) is 2.34. The molecule has 0 unspecified atom stereocenters. The van der Waals surface area contributed by atoms with Crippen molar-refractivity contribution in [3.8, 4) is 5.75 Å². The van der Waals surface area contributed by atoms with Crippen LogP contribution in [0.1, 0.15) is 69.0 Å². The lowest BCUT2D eigenvalue weighted by molar-refractivity contribution is -0.140. The third-order valence-corrected chi connectivity index (χ3v) is 7.39. The number of methoxy groups -OCH3 is 1. The van der Waals surface area contributed by atoms with Crippen molar-refractivity contribution >= 4 is 11.7 Å². The first-order chi connectivity index (χ1) is 14.9. The number of piperidine rings is 1. The van der Waals surface area contributed by atoms with Crippen LogP contribution in [0.2, 0.25) is 0 Å². The summed E-state index contributed by atoms with van der Waals surface area (Å²) in [6.45, 7) is 5.60. The van der Waals surface area contributed by atoms with E-state index in [-0.39, 0.29) is 11.3 Å². The van der Waals surface area contributed by atoms with Gasteiger partial charge in [-0.3, -0.25) is 4.79 Å². The van der Waals surface area contributed by atoms with Crippen LogP contribution in [0.5, 0.6) is 5.75 Å². The van der Waals surface area contributed by atoms with Crippen LogP contribution in [0.4, 0.5) is 5.82 Å². The van der Waals surface area contributed by atoms with Crippen molar-refractivity contribution in [3.05, 3.63) is 47.4 Å². The molecule has 0 bridgehead atoms. The van der Waals surface area contributed by atoms with E-state index in [0.717, 1.165) is 68.6 Å². The molecule has 2 N–H and O–H groups in total. The molecular formula is C25H34N4O2. The number of ether oxygens (including phenoxy) is 1. The van der Waals surface area contributed by atoms with Crippen molar-refractivity contribution in [1.29, 1.82) is 0 Å². The summed E-state index contributed by atoms with van der Waals surface area (Å²) >= 11 is 0. The molecule has 1 amide bonds. The second kappa shape index (κ2) is 8.48. The minimum Gasteiger partial charge on any atom is -0.497 e. The number of hydrogen-bond acceptors (Lipinski definition) is 5. The van der Waals surface area contributed by atoms with E-state index >= 15 is 0 Å². The first kappa shape index (κ1) is 21.6. The maximum Gasteiger partial charge on any atom is 0.233 e. The number of benzene rings is 1. The summed E-state index contributed by atoms with van der Waals surface area (Å²) in [5, 5.41) is 0. The number of anilines is 1. The normalized spacial score (nSPS) is 20.3. The van der Waals surface area contributed by atoms with Crippen LogP contribution < -0.4 is 10.5 Å². The largest absolute Gasteiger partial charge is 0.497 e. The van der Waals surface area contributed by atoms with Crippen LogP contribution in [0.25, 0.3) is 0 Å². The minimum absolute atomic E-state index is 0.0849. The molecule has 2 fully saturated rings. The number of carbonyl (C=O) groups is 1. The van der Waals surface area contributed by atoms with E-state index in [1.165, 1.54) is 6.42 Å². The third kappa shape index (κ3) is 4.12. The summed E-state index contributed by atoms with van der Waals surface area (Å²) in [6.07, 6.45) is 7.02. The molecule has 2 aliphatic rings. The highest BCUT2D eigenvalue weighted by Gasteiger charge is 2.45. The second-order valence-electron chi connectivity index (χ2n) is 9.45. The zero-order chi connectivity index (χ0) is 22.1. The fourth-order valence-electron chi connectivity index (χ4n) is 5.35. The number of nitrogens with zero attached hydrogens (tertiary/aromatic N) is 3. The predicted molar refractivity (Wildman–Crippen MR) is 122 cm³/mol. The Morgan fingerprint density at radius 2 is 1.68 bits per heavy atom. The second-order valence-corrected chi connectivity index (χ2v) is 9.45. The molecule has 1 saturated carbocycles. The minimum atomic E-state index is -0.409. The monoisotopic (exact) mass is 422 g/mol. The number of aromatic nitrogens is 2. The van der Waals surface area contributed by atoms with Gasteiger partial charge in [0.2, 0.25) is 5.91 Å². The lowest BCUT2D eigenvalue weighted by Crippen LogP contribution is -2.52. The zero-order valence-electron chi connectivity index (χ0n) is 19.0. The highest BCUT2D eigenvalue weighted by molar-refractivity contribution is 5.88. The Labute approximate surface area is 185 Å². The van der Waals surface area contributed by atoms with E-state index in [4.69, 9.17) is 10.5 Å². The van der Waals surface area contributed by atoms with Gasteiger partial charge in [0, 0.05) is 24.6 Å². The Hall–Kier alpha value is -2.63. The van der Waals surface area contributed by atoms with Crippen LogP contribution in [-0.2, 0) is 15.6 Å². The van der Waals surface area contributed by atoms with Gasteiger partial charge in [0.25, 0.3) is 0 Å². The Bertz CT molecular complexity index is 907. The highest BCUT2D eigenvalue weighted by Crippen LogP contribution is 2.43. The van der Waals surface area contributed by atoms with Gasteiger partial charge < -0.3 is 15.4 Å². The number of hydrogen-bond donors (Lipinski definition) is 1. The van der Waals surface area contributed by atoms with Crippen molar-refractivity contribution < 1.29 is 9.53 Å². The van der Waals surface area contributed by atoms with E-state index < -0.39 is 5.41 Å². The fraction of sp³-hybridized carbons (Fsp3) is 0.560. The SMILES string of the molecule is COc1ccc(C2(C(=O)N3CCC(C)(c4cc(N)nc(C)n4)CC3)CCCCC2)cc1. The lowest BCUT2D eigenvalue weighted by Gasteiger charge is -2.45. The Morgan fingerprint density at radius 3 is 2.26 bits per heavy atom. The molecule has 166 valence electrons. The maximum absolute atomic E-state index is 13.9. The quantitative estimate of drug-likeness (QED) is 0.800. The molecule has 31 heavy (non-hydrogen) atoms. The molecule has 1 aromatic carbocycles. The van der Waals surface area contributed by atoms with Gasteiger partial charge in [0.1, 0.15) is 17.4 Å². The number of carbonyl (C=O) groups excluding carboxylic acids is 1. The number of nitrogen functional groups attached to an aromatic ring is 1. The number of rotatable bonds is 4. The molecular weight excluding hydrogens is 388 g/mol. The third-order valence-electron chi connectivity index (χ3n) is 7.39. The van der Waals surface area contributed by atoms with Crippen molar-refractivity contribution in [3.63, 3.8) is 0 Å². The average Bonchev–Trinajstić information content (AvgIpc) is 2.79. The van der Waals surface area contributed by atoms with Crippen molar-refractivity contribution in [2.24, 2.45) is 0 Å². The van der Waals surface area contributed by atoms with E-state index in [1.54, 1.807) is 7.11 Å². The molecule has 1 aromatic heterocycles. The van der Waals surface area contributed by atoms with Gasteiger partial charge in [-0.05, 0) is 50.3 Å². The summed E-state index contributed by atoms with van der Waals surface area (Å²) in [4.78, 5) is 24.9. The van der Waals surface area contributed by atoms with Gasteiger partial charge in [-0.15, -0.1) is 0 Å². The Balaban J connectivity index is 1.55. The average molecular weight is 423 g/mol. The molecule has 4 rings (SSSR count). The van der Waals surface area contributed by atoms with Gasteiger partial charge in [-0.25, -0.2) is 9.97 Å². The smallest absolute Gasteiger partial charge is 0.233 e. The number of amides is 1. The van der Waals surface area contributed by atoms with Crippen LogP contribution in [-0.4, -0.2) is 41.0 Å². The van der Waals surface area contributed by atoms with Gasteiger partial charge >= 0.3 is 0 Å². The Morgan fingerprint density at radius 1 is 1.03 bits per heavy atom. The highest BCUT2D eigenvalue weighted by atomic mass is 16.5. The number of likely N-dealkylation sites (tertiary alicyclic amines) is 1. The maximum atomic E-state index is 13.9. The standard InChI is InChI=1S/C25H34N4O2/c1-18-27-21(17-22(26)28-18)24(2)13-15-29(16-14-24)23(30)25(11-5-4-6-12-25)19-7-9-20(31-3)10-8-19/h7-10,17H,4-6,11-16H2,1-3H3,(H2,26,27,28). The molecule has 1 saturated heterocycles.